The number of hydrogen-bond acceptors (Lipinski definition) is 4. The van der Waals surface area contributed by atoms with Crippen LogP contribution < -0.4 is 5.56 Å². The van der Waals surface area contributed by atoms with Crippen LogP contribution in [0.25, 0.3) is 0 Å². The molecule has 5 heteroatoms. The van der Waals surface area contributed by atoms with E-state index in [1.807, 2.05) is 34.6 Å². The molecule has 0 unspecified atom stereocenters. The Hall–Kier alpha value is -1.52. The third-order valence-corrected chi connectivity index (χ3v) is 1.93. The van der Waals surface area contributed by atoms with Crippen molar-refractivity contribution >= 4 is 6.21 Å². The Morgan fingerprint density at radius 2 is 2.06 bits per heavy atom. The molecule has 1 heterocycles. The molecule has 0 saturated heterocycles. The molecule has 0 amide bonds. The van der Waals surface area contributed by atoms with Crippen molar-refractivity contribution in [3.8, 4) is 0 Å². The van der Waals surface area contributed by atoms with Gasteiger partial charge in [-0.05, 0) is 5.92 Å². The van der Waals surface area contributed by atoms with Gasteiger partial charge in [-0.25, -0.2) is 0 Å². The maximum absolute atomic E-state index is 12.0. The number of hydrogen-bond donors (Lipinski definition) is 0. The summed E-state index contributed by atoms with van der Waals surface area (Å²) in [4.78, 5) is 12.0. The van der Waals surface area contributed by atoms with Crippen molar-refractivity contribution in [3.05, 3.63) is 22.4 Å². The molecule has 0 fully saturated rings. The molecule has 1 aromatic heterocycles. The Balaban J connectivity index is 3.20. The fourth-order valence-corrected chi connectivity index (χ4v) is 1.09. The van der Waals surface area contributed by atoms with Gasteiger partial charge in [0, 0.05) is 11.6 Å². The monoisotopic (exact) mass is 222 g/mol. The lowest BCUT2D eigenvalue weighted by molar-refractivity contribution is 0.531. The zero-order valence-corrected chi connectivity index (χ0v) is 10.4. The number of nitrogens with zero attached hydrogens (tertiary/aromatic N) is 4. The summed E-state index contributed by atoms with van der Waals surface area (Å²) in [6.07, 6.45) is 3.03. The van der Waals surface area contributed by atoms with Crippen molar-refractivity contribution < 1.29 is 0 Å². The third-order valence-electron chi connectivity index (χ3n) is 1.93. The van der Waals surface area contributed by atoms with Crippen molar-refractivity contribution in [1.29, 1.82) is 0 Å². The summed E-state index contributed by atoms with van der Waals surface area (Å²) in [6.45, 7) is 9.76. The predicted molar refractivity (Wildman–Crippen MR) is 63.7 cm³/mol. The Morgan fingerprint density at radius 3 is 2.56 bits per heavy atom. The van der Waals surface area contributed by atoms with Crippen molar-refractivity contribution in [1.82, 2.24) is 14.9 Å². The molecule has 0 aromatic carbocycles. The van der Waals surface area contributed by atoms with Gasteiger partial charge in [-0.3, -0.25) is 4.79 Å². The maximum atomic E-state index is 12.0. The molecule has 0 spiro atoms. The Bertz CT molecular complexity index is 440. The van der Waals surface area contributed by atoms with Crippen molar-refractivity contribution in [2.45, 2.75) is 40.0 Å². The van der Waals surface area contributed by atoms with Gasteiger partial charge in [0.15, 0.2) is 0 Å². The number of aromatic nitrogens is 3. The van der Waals surface area contributed by atoms with E-state index in [1.165, 1.54) is 11.0 Å². The van der Waals surface area contributed by atoms with E-state index in [4.69, 9.17) is 0 Å². The highest BCUT2D eigenvalue weighted by molar-refractivity contribution is 5.59. The van der Waals surface area contributed by atoms with Gasteiger partial charge in [0.25, 0.3) is 5.56 Å². The van der Waals surface area contributed by atoms with E-state index in [0.29, 0.717) is 5.69 Å². The lowest BCUT2D eigenvalue weighted by Crippen LogP contribution is -2.31. The summed E-state index contributed by atoms with van der Waals surface area (Å²) in [5, 5.41) is 11.7. The van der Waals surface area contributed by atoms with Crippen LogP contribution in [0.5, 0.6) is 0 Å². The summed E-state index contributed by atoms with van der Waals surface area (Å²) in [5.74, 6) is 0.290. The van der Waals surface area contributed by atoms with Crippen LogP contribution in [0.2, 0.25) is 0 Å². The first-order chi connectivity index (χ1) is 7.32. The standard InChI is InChI=1S/C11H18N4O/c1-8(2)6-13-15-7-12-14-9(10(15)16)11(3,4)5/h6-8H,1-5H3. The first-order valence-electron chi connectivity index (χ1n) is 5.31. The molecule has 16 heavy (non-hydrogen) atoms. The smallest absolute Gasteiger partial charge is 0.265 e. The van der Waals surface area contributed by atoms with E-state index in [2.05, 4.69) is 15.3 Å². The molecule has 1 rings (SSSR count). The molecular formula is C11H18N4O. The van der Waals surface area contributed by atoms with Crippen LogP contribution in [0.1, 0.15) is 40.3 Å². The summed E-state index contributed by atoms with van der Waals surface area (Å²) in [5.41, 5.74) is -0.101. The Morgan fingerprint density at radius 1 is 1.44 bits per heavy atom. The largest absolute Gasteiger partial charge is 0.296 e. The van der Waals surface area contributed by atoms with Crippen molar-refractivity contribution in [3.63, 3.8) is 0 Å². The van der Waals surface area contributed by atoms with Gasteiger partial charge < -0.3 is 0 Å². The predicted octanol–water partition coefficient (Wildman–Crippen LogP) is 1.43. The van der Waals surface area contributed by atoms with Crippen LogP contribution in [-0.4, -0.2) is 21.1 Å². The molecule has 0 aliphatic heterocycles. The quantitative estimate of drug-likeness (QED) is 0.711. The Labute approximate surface area is 95.2 Å². The number of rotatable bonds is 2. The van der Waals surface area contributed by atoms with Crippen LogP contribution in [0.15, 0.2) is 16.2 Å². The highest BCUT2D eigenvalue weighted by atomic mass is 16.1. The topological polar surface area (TPSA) is 60.1 Å². The van der Waals surface area contributed by atoms with E-state index in [9.17, 15) is 4.79 Å². The Kier molecular flexibility index (Phi) is 3.57. The summed E-state index contributed by atoms with van der Waals surface area (Å²) in [6, 6.07) is 0. The first kappa shape index (κ1) is 12.5. The minimum atomic E-state index is -0.319. The summed E-state index contributed by atoms with van der Waals surface area (Å²) >= 11 is 0. The van der Waals surface area contributed by atoms with E-state index in [-0.39, 0.29) is 16.9 Å². The minimum Gasteiger partial charge on any atom is -0.265 e. The minimum absolute atomic E-state index is 0.209. The molecule has 0 aliphatic carbocycles. The van der Waals surface area contributed by atoms with E-state index >= 15 is 0 Å². The summed E-state index contributed by atoms with van der Waals surface area (Å²) in [7, 11) is 0. The van der Waals surface area contributed by atoms with Gasteiger partial charge in [-0.15, -0.1) is 10.2 Å². The van der Waals surface area contributed by atoms with Gasteiger partial charge in [-0.1, -0.05) is 34.6 Å². The lowest BCUT2D eigenvalue weighted by atomic mass is 9.93. The molecule has 0 N–H and O–H groups in total. The molecule has 0 aliphatic rings. The SMILES string of the molecule is CC(C)C=Nn1cnnc(C(C)(C)C)c1=O. The van der Waals surface area contributed by atoms with E-state index in [0.717, 1.165) is 0 Å². The highest BCUT2D eigenvalue weighted by Crippen LogP contribution is 2.14. The summed E-state index contributed by atoms with van der Waals surface area (Å²) < 4.78 is 1.23. The fourth-order valence-electron chi connectivity index (χ4n) is 1.09. The second-order valence-electron chi connectivity index (χ2n) is 5.09. The van der Waals surface area contributed by atoms with Crippen LogP contribution in [0.4, 0.5) is 0 Å². The van der Waals surface area contributed by atoms with E-state index < -0.39 is 0 Å². The second-order valence-corrected chi connectivity index (χ2v) is 5.09. The van der Waals surface area contributed by atoms with Gasteiger partial charge in [-0.2, -0.15) is 9.78 Å². The van der Waals surface area contributed by atoms with Crippen LogP contribution in [-0.2, 0) is 5.41 Å². The first-order valence-corrected chi connectivity index (χ1v) is 5.31. The van der Waals surface area contributed by atoms with Gasteiger partial charge in [0.05, 0.1) is 0 Å². The molecule has 5 nitrogen and oxygen atoms in total. The molecule has 0 bridgehead atoms. The molecule has 0 atom stereocenters. The average Bonchev–Trinajstić information content (AvgIpc) is 2.14. The maximum Gasteiger partial charge on any atom is 0.296 e. The fraction of sp³-hybridized carbons (Fsp3) is 0.636. The molecule has 1 aromatic rings. The van der Waals surface area contributed by atoms with Gasteiger partial charge in [0.1, 0.15) is 12.0 Å². The van der Waals surface area contributed by atoms with Crippen molar-refractivity contribution in [2.75, 3.05) is 0 Å². The molecule has 88 valence electrons. The zero-order chi connectivity index (χ0) is 12.3. The van der Waals surface area contributed by atoms with E-state index in [1.54, 1.807) is 6.21 Å². The normalized spacial score (nSPS) is 12.6. The van der Waals surface area contributed by atoms with Gasteiger partial charge in [0.2, 0.25) is 0 Å². The van der Waals surface area contributed by atoms with Crippen molar-refractivity contribution in [2.24, 2.45) is 11.0 Å². The average molecular weight is 222 g/mol. The molecular weight excluding hydrogens is 204 g/mol. The zero-order valence-electron chi connectivity index (χ0n) is 10.4. The highest BCUT2D eigenvalue weighted by Gasteiger charge is 2.21. The molecule has 0 radical (unpaired) electrons. The lowest BCUT2D eigenvalue weighted by Gasteiger charge is -2.15. The van der Waals surface area contributed by atoms with Crippen LogP contribution >= 0.6 is 0 Å². The van der Waals surface area contributed by atoms with Gasteiger partial charge >= 0.3 is 0 Å². The van der Waals surface area contributed by atoms with Crippen LogP contribution in [0.3, 0.4) is 0 Å². The molecule has 0 saturated carbocycles. The third kappa shape index (κ3) is 2.98. The van der Waals surface area contributed by atoms with Crippen LogP contribution in [0, 0.1) is 5.92 Å². The second kappa shape index (κ2) is 4.55.